The lowest BCUT2D eigenvalue weighted by molar-refractivity contribution is 0.274. The average molecular weight is 271 g/mol. The number of aromatic nitrogens is 1. The van der Waals surface area contributed by atoms with Crippen molar-refractivity contribution in [1.29, 1.82) is 0 Å². The summed E-state index contributed by atoms with van der Waals surface area (Å²) in [5.74, 6) is 1.67. The molecule has 1 aromatic heterocycles. The van der Waals surface area contributed by atoms with Crippen molar-refractivity contribution in [2.24, 2.45) is 0 Å². The molecular weight excluding hydrogens is 250 g/mol. The number of para-hydroxylation sites is 1. The third-order valence-electron chi connectivity index (χ3n) is 3.34. The van der Waals surface area contributed by atoms with Crippen LogP contribution in [0.25, 0.3) is 0 Å². The fourth-order valence-corrected chi connectivity index (χ4v) is 2.26. The summed E-state index contributed by atoms with van der Waals surface area (Å²) in [6.45, 7) is 8.07. The molecule has 0 radical (unpaired) electrons. The van der Waals surface area contributed by atoms with Gasteiger partial charge in [0.2, 0.25) is 5.88 Å². The maximum absolute atomic E-state index is 9.53. The third kappa shape index (κ3) is 2.99. The molecule has 0 fully saturated rings. The lowest BCUT2D eigenvalue weighted by atomic mass is 10.0. The third-order valence-corrected chi connectivity index (χ3v) is 3.34. The molecule has 2 aromatic rings. The molecule has 0 aliphatic carbocycles. The molecule has 0 saturated heterocycles. The summed E-state index contributed by atoms with van der Waals surface area (Å²) < 4.78 is 5.98. The van der Waals surface area contributed by atoms with Crippen molar-refractivity contribution in [1.82, 2.24) is 4.98 Å². The number of nitrogens with zero attached hydrogens (tertiary/aromatic N) is 1. The molecule has 106 valence electrons. The lowest BCUT2D eigenvalue weighted by Crippen LogP contribution is -2.01. The van der Waals surface area contributed by atoms with Gasteiger partial charge < -0.3 is 9.84 Å². The number of pyridine rings is 1. The molecule has 0 saturated carbocycles. The first-order chi connectivity index (χ1) is 9.52. The molecule has 0 unspecified atom stereocenters. The molecule has 0 amide bonds. The molecule has 1 N–H and O–H groups in total. The Morgan fingerprint density at radius 2 is 1.90 bits per heavy atom. The molecule has 0 spiro atoms. The van der Waals surface area contributed by atoms with Gasteiger partial charge in [-0.05, 0) is 43.0 Å². The van der Waals surface area contributed by atoms with E-state index < -0.39 is 0 Å². The minimum Gasteiger partial charge on any atom is -0.438 e. The molecule has 0 aliphatic heterocycles. The number of hydrogen-bond acceptors (Lipinski definition) is 3. The highest BCUT2D eigenvalue weighted by molar-refractivity contribution is 5.42. The van der Waals surface area contributed by atoms with Crippen LogP contribution in [-0.4, -0.2) is 10.1 Å². The molecular formula is C17H21NO2. The SMILES string of the molecule is Cc1cc(C)c(CO)c(Oc2ccccc2C(C)C)n1. The second-order valence-corrected chi connectivity index (χ2v) is 5.32. The van der Waals surface area contributed by atoms with E-state index in [2.05, 4.69) is 24.9 Å². The second-order valence-electron chi connectivity index (χ2n) is 5.32. The van der Waals surface area contributed by atoms with Gasteiger partial charge in [-0.2, -0.15) is 0 Å². The fourth-order valence-electron chi connectivity index (χ4n) is 2.26. The van der Waals surface area contributed by atoms with Crippen molar-refractivity contribution in [2.45, 2.75) is 40.2 Å². The molecule has 3 nitrogen and oxygen atoms in total. The first kappa shape index (κ1) is 14.5. The minimum atomic E-state index is -0.0711. The van der Waals surface area contributed by atoms with Gasteiger partial charge in [-0.1, -0.05) is 32.0 Å². The molecule has 1 heterocycles. The molecule has 3 heteroatoms. The first-order valence-corrected chi connectivity index (χ1v) is 6.87. The van der Waals surface area contributed by atoms with Crippen LogP contribution in [0.1, 0.15) is 42.1 Å². The van der Waals surface area contributed by atoms with E-state index in [1.807, 2.05) is 38.1 Å². The van der Waals surface area contributed by atoms with Crippen molar-refractivity contribution in [3.05, 3.63) is 52.7 Å². The number of rotatable bonds is 4. The van der Waals surface area contributed by atoms with Crippen LogP contribution >= 0.6 is 0 Å². The second kappa shape index (κ2) is 6.06. The van der Waals surface area contributed by atoms with Crippen molar-refractivity contribution >= 4 is 0 Å². The predicted octanol–water partition coefficient (Wildman–Crippen LogP) is 4.11. The van der Waals surface area contributed by atoms with Gasteiger partial charge in [0.25, 0.3) is 0 Å². The summed E-state index contributed by atoms with van der Waals surface area (Å²) in [5.41, 5.74) is 3.76. The Hall–Kier alpha value is -1.87. The summed E-state index contributed by atoms with van der Waals surface area (Å²) in [5, 5.41) is 9.53. The van der Waals surface area contributed by atoms with E-state index in [9.17, 15) is 5.11 Å². The quantitative estimate of drug-likeness (QED) is 0.910. The highest BCUT2D eigenvalue weighted by atomic mass is 16.5. The van der Waals surface area contributed by atoms with Gasteiger partial charge in [0.1, 0.15) is 5.75 Å². The molecule has 0 atom stereocenters. The van der Waals surface area contributed by atoms with Crippen molar-refractivity contribution in [2.75, 3.05) is 0 Å². The molecule has 1 aromatic carbocycles. The smallest absolute Gasteiger partial charge is 0.225 e. The van der Waals surface area contributed by atoms with Crippen LogP contribution in [0.4, 0.5) is 0 Å². The topological polar surface area (TPSA) is 42.4 Å². The zero-order chi connectivity index (χ0) is 14.7. The lowest BCUT2D eigenvalue weighted by Gasteiger charge is -2.16. The Morgan fingerprint density at radius 1 is 1.20 bits per heavy atom. The maximum atomic E-state index is 9.53. The highest BCUT2D eigenvalue weighted by Gasteiger charge is 2.13. The Bertz CT molecular complexity index is 606. The number of benzene rings is 1. The monoisotopic (exact) mass is 271 g/mol. The minimum absolute atomic E-state index is 0.0711. The van der Waals surface area contributed by atoms with E-state index in [-0.39, 0.29) is 6.61 Å². The zero-order valence-electron chi connectivity index (χ0n) is 12.5. The normalized spacial score (nSPS) is 10.9. The van der Waals surface area contributed by atoms with Crippen LogP contribution in [0.15, 0.2) is 30.3 Å². The summed E-state index contributed by atoms with van der Waals surface area (Å²) >= 11 is 0. The molecule has 20 heavy (non-hydrogen) atoms. The highest BCUT2D eigenvalue weighted by Crippen LogP contribution is 2.32. The van der Waals surface area contributed by atoms with Crippen LogP contribution < -0.4 is 4.74 Å². The van der Waals surface area contributed by atoms with Crippen molar-refractivity contribution < 1.29 is 9.84 Å². The Balaban J connectivity index is 2.45. The van der Waals surface area contributed by atoms with Gasteiger partial charge in [0.15, 0.2) is 0 Å². The summed E-state index contributed by atoms with van der Waals surface area (Å²) in [6.07, 6.45) is 0. The van der Waals surface area contributed by atoms with Gasteiger partial charge >= 0.3 is 0 Å². The fraction of sp³-hybridized carbons (Fsp3) is 0.353. The standard InChI is InChI=1S/C17H21NO2/c1-11(2)14-7-5-6-8-16(14)20-17-15(10-19)12(3)9-13(4)18-17/h5-9,11,19H,10H2,1-4H3. The van der Waals surface area contributed by atoms with Crippen molar-refractivity contribution in [3.63, 3.8) is 0 Å². The number of ether oxygens (including phenoxy) is 1. The van der Waals surface area contributed by atoms with Crippen LogP contribution in [-0.2, 0) is 6.61 Å². The predicted molar refractivity (Wildman–Crippen MR) is 80.2 cm³/mol. The van der Waals surface area contributed by atoms with E-state index in [1.165, 1.54) is 0 Å². The molecule has 0 aliphatic rings. The van der Waals surface area contributed by atoms with Crippen molar-refractivity contribution in [3.8, 4) is 11.6 Å². The summed E-state index contributed by atoms with van der Waals surface area (Å²) in [6, 6.07) is 9.90. The van der Waals surface area contributed by atoms with Gasteiger partial charge in [0, 0.05) is 11.3 Å². The Kier molecular flexibility index (Phi) is 4.40. The van der Waals surface area contributed by atoms with Crippen LogP contribution in [0, 0.1) is 13.8 Å². The summed E-state index contributed by atoms with van der Waals surface area (Å²) in [7, 11) is 0. The van der Waals surface area contributed by atoms with Gasteiger partial charge in [-0.3, -0.25) is 0 Å². The van der Waals surface area contributed by atoms with Gasteiger partial charge in [-0.15, -0.1) is 0 Å². The van der Waals surface area contributed by atoms with Crippen LogP contribution in [0.3, 0.4) is 0 Å². The zero-order valence-corrected chi connectivity index (χ0v) is 12.5. The Labute approximate surface area is 120 Å². The van der Waals surface area contributed by atoms with E-state index in [0.29, 0.717) is 11.8 Å². The maximum Gasteiger partial charge on any atom is 0.225 e. The average Bonchev–Trinajstić information content (AvgIpc) is 2.38. The summed E-state index contributed by atoms with van der Waals surface area (Å²) in [4.78, 5) is 4.42. The van der Waals surface area contributed by atoms with Gasteiger partial charge in [0.05, 0.1) is 6.61 Å². The van der Waals surface area contributed by atoms with E-state index in [0.717, 1.165) is 28.1 Å². The number of aliphatic hydroxyl groups excluding tert-OH is 1. The van der Waals surface area contributed by atoms with E-state index in [4.69, 9.17) is 4.74 Å². The largest absolute Gasteiger partial charge is 0.438 e. The van der Waals surface area contributed by atoms with E-state index >= 15 is 0 Å². The molecule has 0 bridgehead atoms. The van der Waals surface area contributed by atoms with E-state index in [1.54, 1.807) is 0 Å². The van der Waals surface area contributed by atoms with Gasteiger partial charge in [-0.25, -0.2) is 4.98 Å². The van der Waals surface area contributed by atoms with Crippen LogP contribution in [0.2, 0.25) is 0 Å². The first-order valence-electron chi connectivity index (χ1n) is 6.87. The number of hydrogen-bond donors (Lipinski definition) is 1. The van der Waals surface area contributed by atoms with Crippen LogP contribution in [0.5, 0.6) is 11.6 Å². The number of aryl methyl sites for hydroxylation is 2. The number of aliphatic hydroxyl groups is 1. The molecule has 2 rings (SSSR count). The Morgan fingerprint density at radius 3 is 2.55 bits per heavy atom.